The van der Waals surface area contributed by atoms with E-state index >= 15 is 0 Å². The molecule has 78 valence electrons. The van der Waals surface area contributed by atoms with Crippen LogP contribution in [-0.2, 0) is 9.53 Å². The van der Waals surface area contributed by atoms with Crippen molar-refractivity contribution in [2.24, 2.45) is 0 Å². The Bertz CT molecular complexity index is 163. The quantitative estimate of drug-likeness (QED) is 0.644. The van der Waals surface area contributed by atoms with Crippen LogP contribution in [0.15, 0.2) is 0 Å². The summed E-state index contributed by atoms with van der Waals surface area (Å²) in [7, 11) is 1.76. The molecule has 0 fully saturated rings. The highest BCUT2D eigenvalue weighted by molar-refractivity contribution is 5.72. The summed E-state index contributed by atoms with van der Waals surface area (Å²) in [5.74, 6) is -0.261. The van der Waals surface area contributed by atoms with E-state index in [1.165, 1.54) is 0 Å². The van der Waals surface area contributed by atoms with Crippen molar-refractivity contribution < 1.29 is 14.6 Å². The molecule has 0 saturated heterocycles. The smallest absolute Gasteiger partial charge is 0.320 e. The first kappa shape index (κ1) is 12.4. The zero-order chi connectivity index (χ0) is 10.5. The number of esters is 1. The number of carbonyl (C=O) groups excluding carboxylic acids is 1. The first-order chi connectivity index (χ1) is 5.85. The third-order valence-electron chi connectivity index (χ3n) is 1.30. The normalized spacial score (nSPS) is 11.8. The van der Waals surface area contributed by atoms with Crippen LogP contribution < -0.4 is 0 Å². The van der Waals surface area contributed by atoms with Gasteiger partial charge in [0.05, 0.1) is 13.2 Å². The van der Waals surface area contributed by atoms with Gasteiger partial charge in [0, 0.05) is 6.54 Å². The number of aliphatic hydroxyl groups excluding tert-OH is 1. The summed E-state index contributed by atoms with van der Waals surface area (Å²) in [6, 6.07) is 0. The molecular weight excluding hydrogens is 170 g/mol. The average Bonchev–Trinajstić information content (AvgIpc) is 1.81. The second-order valence-electron chi connectivity index (χ2n) is 4.05. The molecule has 4 heteroatoms. The minimum Gasteiger partial charge on any atom is -0.459 e. The predicted molar refractivity (Wildman–Crippen MR) is 50.4 cm³/mol. The minimum atomic E-state index is -0.433. The van der Waals surface area contributed by atoms with Crippen molar-refractivity contribution in [1.82, 2.24) is 4.90 Å². The van der Waals surface area contributed by atoms with Crippen LogP contribution in [0.4, 0.5) is 0 Å². The Labute approximate surface area is 79.5 Å². The molecule has 0 atom stereocenters. The van der Waals surface area contributed by atoms with Crippen LogP contribution in [0.1, 0.15) is 20.8 Å². The zero-order valence-electron chi connectivity index (χ0n) is 8.83. The lowest BCUT2D eigenvalue weighted by atomic mass is 10.2. The highest BCUT2D eigenvalue weighted by Crippen LogP contribution is 2.06. The number of rotatable bonds is 4. The van der Waals surface area contributed by atoms with Gasteiger partial charge in [-0.1, -0.05) is 0 Å². The van der Waals surface area contributed by atoms with Gasteiger partial charge < -0.3 is 9.84 Å². The Morgan fingerprint density at radius 3 is 2.38 bits per heavy atom. The van der Waals surface area contributed by atoms with E-state index in [4.69, 9.17) is 9.84 Å². The highest BCUT2D eigenvalue weighted by atomic mass is 16.6. The summed E-state index contributed by atoms with van der Waals surface area (Å²) in [5.41, 5.74) is -0.433. The molecule has 0 amide bonds. The second-order valence-corrected chi connectivity index (χ2v) is 4.05. The fraction of sp³-hybridized carbons (Fsp3) is 0.889. The molecule has 0 aliphatic rings. The summed E-state index contributed by atoms with van der Waals surface area (Å²) >= 11 is 0. The maximum absolute atomic E-state index is 11.2. The standard InChI is InChI=1S/C9H19NO3/c1-9(2,3)13-8(12)7-10(4)5-6-11/h11H,5-7H2,1-4H3. The fourth-order valence-electron chi connectivity index (χ4n) is 0.844. The molecule has 4 nitrogen and oxygen atoms in total. The van der Waals surface area contributed by atoms with Gasteiger partial charge in [-0.25, -0.2) is 0 Å². The SMILES string of the molecule is CN(CCO)CC(=O)OC(C)(C)C. The van der Waals surface area contributed by atoms with E-state index in [1.54, 1.807) is 11.9 Å². The van der Waals surface area contributed by atoms with Crippen molar-refractivity contribution in [2.75, 3.05) is 26.7 Å². The van der Waals surface area contributed by atoms with Gasteiger partial charge >= 0.3 is 5.97 Å². The number of aliphatic hydroxyl groups is 1. The Hall–Kier alpha value is -0.610. The Balaban J connectivity index is 3.74. The molecule has 0 aliphatic carbocycles. The van der Waals surface area contributed by atoms with Gasteiger partial charge in [0.1, 0.15) is 5.60 Å². The molecule has 0 saturated carbocycles. The minimum absolute atomic E-state index is 0.0549. The van der Waals surface area contributed by atoms with E-state index in [1.807, 2.05) is 20.8 Å². The van der Waals surface area contributed by atoms with Gasteiger partial charge in [0.2, 0.25) is 0 Å². The zero-order valence-corrected chi connectivity index (χ0v) is 8.83. The number of nitrogens with zero attached hydrogens (tertiary/aromatic N) is 1. The molecule has 0 unspecified atom stereocenters. The van der Waals surface area contributed by atoms with E-state index < -0.39 is 5.60 Å². The van der Waals surface area contributed by atoms with Gasteiger partial charge in [-0.2, -0.15) is 0 Å². The van der Waals surface area contributed by atoms with Crippen molar-refractivity contribution >= 4 is 5.97 Å². The first-order valence-corrected chi connectivity index (χ1v) is 4.36. The lowest BCUT2D eigenvalue weighted by molar-refractivity contribution is -0.155. The Morgan fingerprint density at radius 2 is 2.00 bits per heavy atom. The molecule has 0 bridgehead atoms. The van der Waals surface area contributed by atoms with E-state index in [0.29, 0.717) is 6.54 Å². The molecule has 0 heterocycles. The molecule has 0 aliphatic heterocycles. The predicted octanol–water partition coefficient (Wildman–Crippen LogP) is 0.252. The summed E-state index contributed by atoms with van der Waals surface area (Å²) in [4.78, 5) is 12.9. The van der Waals surface area contributed by atoms with Crippen LogP contribution in [0.5, 0.6) is 0 Å². The van der Waals surface area contributed by atoms with Gasteiger partial charge in [-0.3, -0.25) is 9.69 Å². The molecule has 0 aromatic carbocycles. The van der Waals surface area contributed by atoms with Crippen molar-refractivity contribution in [3.63, 3.8) is 0 Å². The highest BCUT2D eigenvalue weighted by Gasteiger charge is 2.16. The van der Waals surface area contributed by atoms with Gasteiger partial charge in [-0.05, 0) is 27.8 Å². The number of ether oxygens (including phenoxy) is 1. The summed E-state index contributed by atoms with van der Waals surface area (Å²) in [6.45, 7) is 6.25. The van der Waals surface area contributed by atoms with Crippen LogP contribution in [0.25, 0.3) is 0 Å². The maximum Gasteiger partial charge on any atom is 0.320 e. The average molecular weight is 189 g/mol. The topological polar surface area (TPSA) is 49.8 Å². The van der Waals surface area contributed by atoms with E-state index in [0.717, 1.165) is 0 Å². The number of carbonyl (C=O) groups is 1. The number of likely N-dealkylation sites (N-methyl/N-ethyl adjacent to an activating group) is 1. The Kier molecular flexibility index (Phi) is 4.95. The summed E-state index contributed by atoms with van der Waals surface area (Å²) in [5, 5.41) is 8.59. The number of hydrogen-bond donors (Lipinski definition) is 1. The molecule has 0 radical (unpaired) electrons. The van der Waals surface area contributed by atoms with Crippen molar-refractivity contribution in [3.05, 3.63) is 0 Å². The van der Waals surface area contributed by atoms with Gasteiger partial charge in [-0.15, -0.1) is 0 Å². The van der Waals surface area contributed by atoms with Crippen LogP contribution in [-0.4, -0.2) is 48.3 Å². The van der Waals surface area contributed by atoms with Gasteiger partial charge in [0.25, 0.3) is 0 Å². The molecule has 13 heavy (non-hydrogen) atoms. The summed E-state index contributed by atoms with van der Waals surface area (Å²) < 4.78 is 5.09. The maximum atomic E-state index is 11.2. The van der Waals surface area contributed by atoms with Gasteiger partial charge in [0.15, 0.2) is 0 Å². The molecule has 0 aromatic heterocycles. The molecule has 0 spiro atoms. The first-order valence-electron chi connectivity index (χ1n) is 4.36. The third-order valence-corrected chi connectivity index (χ3v) is 1.30. The van der Waals surface area contributed by atoms with E-state index in [-0.39, 0.29) is 19.1 Å². The molecule has 1 N–H and O–H groups in total. The fourth-order valence-corrected chi connectivity index (χ4v) is 0.844. The lowest BCUT2D eigenvalue weighted by Crippen LogP contribution is -2.34. The van der Waals surface area contributed by atoms with Crippen molar-refractivity contribution in [1.29, 1.82) is 0 Å². The monoisotopic (exact) mass is 189 g/mol. The van der Waals surface area contributed by atoms with E-state index in [9.17, 15) is 4.79 Å². The van der Waals surface area contributed by atoms with Crippen LogP contribution in [0, 0.1) is 0 Å². The van der Waals surface area contributed by atoms with Crippen LogP contribution in [0.2, 0.25) is 0 Å². The molecule has 0 aromatic rings. The third kappa shape index (κ3) is 7.74. The second kappa shape index (κ2) is 5.19. The number of hydrogen-bond acceptors (Lipinski definition) is 4. The summed E-state index contributed by atoms with van der Waals surface area (Å²) in [6.07, 6.45) is 0. The van der Waals surface area contributed by atoms with Crippen molar-refractivity contribution in [2.45, 2.75) is 26.4 Å². The van der Waals surface area contributed by atoms with E-state index in [2.05, 4.69) is 0 Å². The van der Waals surface area contributed by atoms with Crippen LogP contribution >= 0.6 is 0 Å². The lowest BCUT2D eigenvalue weighted by Gasteiger charge is -2.21. The van der Waals surface area contributed by atoms with Crippen molar-refractivity contribution in [3.8, 4) is 0 Å². The Morgan fingerprint density at radius 1 is 1.46 bits per heavy atom. The molecular formula is C9H19NO3. The largest absolute Gasteiger partial charge is 0.459 e. The molecule has 0 rings (SSSR count). The van der Waals surface area contributed by atoms with Crippen LogP contribution in [0.3, 0.4) is 0 Å².